The second-order valence-corrected chi connectivity index (χ2v) is 4.08. The highest BCUT2D eigenvalue weighted by molar-refractivity contribution is 7.80. The van der Waals surface area contributed by atoms with E-state index in [1.165, 1.54) is 18.2 Å². The molecule has 0 unspecified atom stereocenters. The van der Waals surface area contributed by atoms with E-state index >= 15 is 0 Å². The fraction of sp³-hybridized carbons (Fsp3) is 0.417. The minimum atomic E-state index is -0.388. The van der Waals surface area contributed by atoms with Gasteiger partial charge < -0.3 is 15.6 Å². The Bertz CT molecular complexity index is 385. The second-order valence-electron chi connectivity index (χ2n) is 3.64. The van der Waals surface area contributed by atoms with Crippen LogP contribution < -0.4 is 10.5 Å². The fourth-order valence-corrected chi connectivity index (χ4v) is 1.55. The molecule has 0 radical (unpaired) electrons. The molecule has 3 nitrogen and oxygen atoms in total. The first-order valence-electron chi connectivity index (χ1n) is 5.48. The van der Waals surface area contributed by atoms with Gasteiger partial charge >= 0.3 is 0 Å². The van der Waals surface area contributed by atoms with E-state index in [2.05, 4.69) is 0 Å². The first-order valence-corrected chi connectivity index (χ1v) is 5.89. The van der Waals surface area contributed by atoms with Crippen LogP contribution in [0, 0.1) is 5.82 Å². The molecule has 0 fully saturated rings. The van der Waals surface area contributed by atoms with Gasteiger partial charge in [-0.25, -0.2) is 4.39 Å². The van der Waals surface area contributed by atoms with Crippen molar-refractivity contribution in [2.24, 2.45) is 5.73 Å². The number of nitrogens with two attached hydrogens (primary N) is 1. The van der Waals surface area contributed by atoms with Crippen LogP contribution in [-0.2, 0) is 0 Å². The van der Waals surface area contributed by atoms with E-state index < -0.39 is 0 Å². The molecule has 0 spiro atoms. The van der Waals surface area contributed by atoms with Gasteiger partial charge in [0, 0.05) is 6.61 Å². The van der Waals surface area contributed by atoms with E-state index in [0.29, 0.717) is 17.9 Å². The Morgan fingerprint density at radius 1 is 1.35 bits per heavy atom. The zero-order chi connectivity index (χ0) is 12.7. The van der Waals surface area contributed by atoms with Crippen LogP contribution in [0.4, 0.5) is 4.39 Å². The summed E-state index contributed by atoms with van der Waals surface area (Å²) in [5.74, 6) is 0.114. The third-order valence-electron chi connectivity index (χ3n) is 2.27. The number of halogens is 1. The SMILES string of the molecule is NC(=S)c1cc(F)ccc1OCCCCCO. The van der Waals surface area contributed by atoms with Gasteiger partial charge in [-0.3, -0.25) is 0 Å². The molecule has 0 heterocycles. The summed E-state index contributed by atoms with van der Waals surface area (Å²) in [5.41, 5.74) is 5.91. The second kappa shape index (κ2) is 7.19. The molecule has 5 heteroatoms. The molecule has 1 aromatic carbocycles. The number of ether oxygens (including phenoxy) is 1. The summed E-state index contributed by atoms with van der Waals surface area (Å²) in [6.07, 6.45) is 2.48. The normalized spacial score (nSPS) is 10.2. The Hall–Kier alpha value is -1.20. The van der Waals surface area contributed by atoms with Crippen molar-refractivity contribution in [3.05, 3.63) is 29.6 Å². The molecular formula is C12H16FNO2S. The Balaban J connectivity index is 2.55. The van der Waals surface area contributed by atoms with Crippen molar-refractivity contribution >= 4 is 17.2 Å². The van der Waals surface area contributed by atoms with Crippen molar-refractivity contribution in [2.75, 3.05) is 13.2 Å². The van der Waals surface area contributed by atoms with Gasteiger partial charge in [0.15, 0.2) is 0 Å². The number of hydrogen-bond donors (Lipinski definition) is 2. The van der Waals surface area contributed by atoms with Gasteiger partial charge in [-0.05, 0) is 37.5 Å². The van der Waals surface area contributed by atoms with Gasteiger partial charge in [0.1, 0.15) is 16.6 Å². The molecule has 0 bridgehead atoms. The Labute approximate surface area is 105 Å². The van der Waals surface area contributed by atoms with Crippen molar-refractivity contribution in [3.8, 4) is 5.75 Å². The maximum atomic E-state index is 13.0. The predicted molar refractivity (Wildman–Crippen MR) is 68.7 cm³/mol. The molecule has 0 aliphatic carbocycles. The zero-order valence-corrected chi connectivity index (χ0v) is 10.3. The van der Waals surface area contributed by atoms with Gasteiger partial charge in [0.25, 0.3) is 0 Å². The van der Waals surface area contributed by atoms with E-state index in [9.17, 15) is 4.39 Å². The number of hydrogen-bond acceptors (Lipinski definition) is 3. The van der Waals surface area contributed by atoms with Crippen molar-refractivity contribution in [1.82, 2.24) is 0 Å². The Kier molecular flexibility index (Phi) is 5.86. The smallest absolute Gasteiger partial charge is 0.129 e. The van der Waals surface area contributed by atoms with E-state index in [1.54, 1.807) is 0 Å². The molecular weight excluding hydrogens is 241 g/mol. The monoisotopic (exact) mass is 257 g/mol. The number of benzene rings is 1. The van der Waals surface area contributed by atoms with Crippen LogP contribution in [0.1, 0.15) is 24.8 Å². The molecule has 3 N–H and O–H groups in total. The van der Waals surface area contributed by atoms with Gasteiger partial charge in [-0.15, -0.1) is 0 Å². The molecule has 0 amide bonds. The summed E-state index contributed by atoms with van der Waals surface area (Å²) in [5, 5.41) is 8.61. The minimum absolute atomic E-state index is 0.120. The first-order chi connectivity index (χ1) is 8.15. The van der Waals surface area contributed by atoms with Crippen LogP contribution in [0.3, 0.4) is 0 Å². The lowest BCUT2D eigenvalue weighted by molar-refractivity contribution is 0.266. The van der Waals surface area contributed by atoms with Crippen LogP contribution in [-0.4, -0.2) is 23.3 Å². The van der Waals surface area contributed by atoms with Crippen molar-refractivity contribution in [3.63, 3.8) is 0 Å². The van der Waals surface area contributed by atoms with Gasteiger partial charge in [-0.1, -0.05) is 12.2 Å². The van der Waals surface area contributed by atoms with E-state index in [4.69, 9.17) is 27.8 Å². The first kappa shape index (κ1) is 13.9. The Morgan fingerprint density at radius 2 is 2.12 bits per heavy atom. The summed E-state index contributed by atoms with van der Waals surface area (Å²) >= 11 is 4.83. The predicted octanol–water partition coefficient (Wildman–Crippen LogP) is 2.00. The number of aliphatic hydroxyl groups is 1. The quantitative estimate of drug-likeness (QED) is 0.579. The number of rotatable bonds is 7. The maximum absolute atomic E-state index is 13.0. The number of aliphatic hydroxyl groups excluding tert-OH is 1. The van der Waals surface area contributed by atoms with Crippen LogP contribution in [0.2, 0.25) is 0 Å². The van der Waals surface area contributed by atoms with Crippen LogP contribution >= 0.6 is 12.2 Å². The van der Waals surface area contributed by atoms with Crippen molar-refractivity contribution in [2.45, 2.75) is 19.3 Å². The summed E-state index contributed by atoms with van der Waals surface area (Å²) in [4.78, 5) is 0.120. The van der Waals surface area contributed by atoms with E-state index in [0.717, 1.165) is 19.3 Å². The number of thiocarbonyl (C=S) groups is 1. The van der Waals surface area contributed by atoms with Crippen molar-refractivity contribution in [1.29, 1.82) is 0 Å². The molecule has 0 aliphatic rings. The topological polar surface area (TPSA) is 55.5 Å². The summed E-state index contributed by atoms with van der Waals surface area (Å²) in [6.45, 7) is 0.690. The highest BCUT2D eigenvalue weighted by atomic mass is 32.1. The van der Waals surface area contributed by atoms with Crippen LogP contribution in [0.25, 0.3) is 0 Å². The molecule has 0 saturated heterocycles. The standard InChI is InChI=1S/C12H16FNO2S/c13-9-4-5-11(10(8-9)12(14)17)16-7-3-1-2-6-15/h4-5,8,15H,1-3,6-7H2,(H2,14,17). The molecule has 17 heavy (non-hydrogen) atoms. The molecule has 1 rings (SSSR count). The van der Waals surface area contributed by atoms with Gasteiger partial charge in [0.2, 0.25) is 0 Å². The van der Waals surface area contributed by atoms with Gasteiger partial charge in [-0.2, -0.15) is 0 Å². The molecule has 94 valence electrons. The van der Waals surface area contributed by atoms with Gasteiger partial charge in [0.05, 0.1) is 12.2 Å². The highest BCUT2D eigenvalue weighted by Gasteiger charge is 2.07. The average molecular weight is 257 g/mol. The average Bonchev–Trinajstić information content (AvgIpc) is 2.30. The maximum Gasteiger partial charge on any atom is 0.129 e. The van der Waals surface area contributed by atoms with Crippen molar-refractivity contribution < 1.29 is 14.2 Å². The fourth-order valence-electron chi connectivity index (χ4n) is 1.39. The zero-order valence-electron chi connectivity index (χ0n) is 9.49. The van der Waals surface area contributed by atoms with Crippen LogP contribution in [0.5, 0.6) is 5.75 Å². The van der Waals surface area contributed by atoms with E-state index in [-0.39, 0.29) is 17.4 Å². The van der Waals surface area contributed by atoms with E-state index in [1.807, 2.05) is 0 Å². The third kappa shape index (κ3) is 4.66. The summed E-state index contributed by atoms with van der Waals surface area (Å²) in [7, 11) is 0. The lowest BCUT2D eigenvalue weighted by Crippen LogP contribution is -2.12. The summed E-state index contributed by atoms with van der Waals surface area (Å²) < 4.78 is 18.5. The Morgan fingerprint density at radius 3 is 2.76 bits per heavy atom. The lowest BCUT2D eigenvalue weighted by atomic mass is 10.2. The lowest BCUT2D eigenvalue weighted by Gasteiger charge is -2.10. The highest BCUT2D eigenvalue weighted by Crippen LogP contribution is 2.20. The molecule has 0 saturated carbocycles. The molecule has 1 aromatic rings. The van der Waals surface area contributed by atoms with Crippen LogP contribution in [0.15, 0.2) is 18.2 Å². The largest absolute Gasteiger partial charge is 0.493 e. The third-order valence-corrected chi connectivity index (χ3v) is 2.49. The summed E-state index contributed by atoms with van der Waals surface area (Å²) in [6, 6.07) is 4.10. The molecule has 0 atom stereocenters. The minimum Gasteiger partial charge on any atom is -0.493 e. The molecule has 0 aromatic heterocycles. The number of unbranched alkanes of at least 4 members (excludes halogenated alkanes) is 2. The molecule has 0 aliphatic heterocycles.